The van der Waals surface area contributed by atoms with Gasteiger partial charge in [0.1, 0.15) is 17.7 Å². The summed E-state index contributed by atoms with van der Waals surface area (Å²) in [4.78, 5) is 17.3. The summed E-state index contributed by atoms with van der Waals surface area (Å²) in [5.74, 6) is -0.314. The number of aliphatic hydroxyl groups is 1. The van der Waals surface area contributed by atoms with Crippen molar-refractivity contribution < 1.29 is 27.4 Å². The molecule has 0 aliphatic carbocycles. The molecule has 0 radical (unpaired) electrons. The number of nitrogens with zero attached hydrogens (tertiary/aromatic N) is 2. The maximum Gasteiger partial charge on any atom is 0.261 e. The first kappa shape index (κ1) is 33.1. The van der Waals surface area contributed by atoms with Crippen molar-refractivity contribution in [2.24, 2.45) is 5.92 Å². The molecule has 2 N–H and O–H groups in total. The number of benzene rings is 4. The van der Waals surface area contributed by atoms with E-state index in [-0.39, 0.29) is 41.5 Å². The van der Waals surface area contributed by atoms with Gasteiger partial charge >= 0.3 is 0 Å². The zero-order chi connectivity index (χ0) is 32.8. The van der Waals surface area contributed by atoms with Crippen LogP contribution in [0.15, 0.2) is 102 Å². The van der Waals surface area contributed by atoms with E-state index in [4.69, 9.17) is 4.74 Å². The number of amides is 1. The molecule has 0 unspecified atom stereocenters. The molecular weight excluding hydrogens is 605 g/mol. The molecule has 0 saturated carbocycles. The third kappa shape index (κ3) is 8.12. The van der Waals surface area contributed by atoms with E-state index >= 15 is 0 Å². The summed E-state index contributed by atoms with van der Waals surface area (Å²) in [5.41, 5.74) is 4.25. The Kier molecular flexibility index (Phi) is 10.4. The molecule has 0 saturated heterocycles. The lowest BCUT2D eigenvalue weighted by Gasteiger charge is -2.34. The fourth-order valence-electron chi connectivity index (χ4n) is 5.66. The topological polar surface area (TPSA) is 99.2 Å². The van der Waals surface area contributed by atoms with Crippen molar-refractivity contribution in [3.05, 3.63) is 114 Å². The Morgan fingerprint density at radius 1 is 1.00 bits per heavy atom. The van der Waals surface area contributed by atoms with Gasteiger partial charge in [-0.15, -0.1) is 0 Å². The van der Waals surface area contributed by atoms with Crippen LogP contribution >= 0.6 is 0 Å². The van der Waals surface area contributed by atoms with Gasteiger partial charge in [-0.05, 0) is 73.1 Å². The Morgan fingerprint density at radius 2 is 1.67 bits per heavy atom. The Morgan fingerprint density at radius 3 is 2.35 bits per heavy atom. The molecule has 0 aromatic heterocycles. The molecule has 5 rings (SSSR count). The molecule has 10 heteroatoms. The smallest absolute Gasteiger partial charge is 0.261 e. The number of ether oxygens (including phenoxy) is 1. The molecule has 0 bridgehead atoms. The van der Waals surface area contributed by atoms with Gasteiger partial charge in [0, 0.05) is 36.8 Å². The Labute approximate surface area is 270 Å². The highest BCUT2D eigenvalue weighted by atomic mass is 32.2. The summed E-state index contributed by atoms with van der Waals surface area (Å²) in [5, 5.41) is 9.95. The third-order valence-electron chi connectivity index (χ3n) is 8.30. The maximum atomic E-state index is 13.6. The molecule has 46 heavy (non-hydrogen) atoms. The minimum Gasteiger partial charge on any atom is -0.488 e. The molecular formula is C36H40FN3O5S. The molecule has 1 heterocycles. The summed E-state index contributed by atoms with van der Waals surface area (Å²) >= 11 is 0. The van der Waals surface area contributed by atoms with E-state index < -0.39 is 21.9 Å². The number of fused-ring (bicyclic) bond motifs is 1. The molecule has 0 spiro atoms. The van der Waals surface area contributed by atoms with E-state index in [1.807, 2.05) is 32.2 Å². The average molecular weight is 646 g/mol. The van der Waals surface area contributed by atoms with Gasteiger partial charge in [-0.25, -0.2) is 12.8 Å². The van der Waals surface area contributed by atoms with E-state index in [1.54, 1.807) is 30.0 Å². The average Bonchev–Trinajstić information content (AvgIpc) is 3.08. The van der Waals surface area contributed by atoms with E-state index in [1.165, 1.54) is 12.1 Å². The first-order valence-corrected chi connectivity index (χ1v) is 16.8. The van der Waals surface area contributed by atoms with Gasteiger partial charge in [-0.2, -0.15) is 0 Å². The van der Waals surface area contributed by atoms with Crippen molar-refractivity contribution in [2.75, 3.05) is 31.5 Å². The van der Waals surface area contributed by atoms with Gasteiger partial charge in [0.05, 0.1) is 24.0 Å². The van der Waals surface area contributed by atoms with Crippen LogP contribution in [0.25, 0.3) is 11.1 Å². The summed E-state index contributed by atoms with van der Waals surface area (Å²) in [6, 6.07) is 27.7. The van der Waals surface area contributed by atoms with Crippen LogP contribution < -0.4 is 9.46 Å². The van der Waals surface area contributed by atoms with E-state index in [2.05, 4.69) is 46.0 Å². The summed E-state index contributed by atoms with van der Waals surface area (Å²) in [7, 11) is -1.97. The number of carbonyl (C=O) groups excluding carboxylic acids is 1. The van der Waals surface area contributed by atoms with Crippen molar-refractivity contribution in [1.82, 2.24) is 9.80 Å². The third-order valence-corrected chi connectivity index (χ3v) is 9.70. The lowest BCUT2D eigenvalue weighted by molar-refractivity contribution is -0.134. The van der Waals surface area contributed by atoms with E-state index in [0.29, 0.717) is 30.9 Å². The summed E-state index contributed by atoms with van der Waals surface area (Å²) in [6.07, 6.45) is -0.345. The number of sulfonamides is 1. The fourth-order valence-corrected chi connectivity index (χ4v) is 6.70. The highest BCUT2D eigenvalue weighted by Gasteiger charge is 2.31. The molecule has 1 amide bonds. The van der Waals surface area contributed by atoms with Crippen molar-refractivity contribution in [2.45, 2.75) is 43.9 Å². The lowest BCUT2D eigenvalue weighted by Crippen LogP contribution is -2.47. The second-order valence-electron chi connectivity index (χ2n) is 12.0. The molecule has 1 aliphatic heterocycles. The normalized spacial score (nSPS) is 17.8. The number of hydrogen-bond donors (Lipinski definition) is 2. The van der Waals surface area contributed by atoms with Crippen LogP contribution in [0.5, 0.6) is 5.75 Å². The SMILES string of the molecule is C[C@H]1CN([C@@H](C)CO)C(=O)Cc2cc(NS(=O)(=O)c3ccc(F)cc3)ccc2O[C@@H]1CN(C)Cc1ccc(-c2ccccc2)cc1. The van der Waals surface area contributed by atoms with Crippen LogP contribution in [0, 0.1) is 11.7 Å². The predicted molar refractivity (Wildman–Crippen MR) is 177 cm³/mol. The molecule has 8 nitrogen and oxygen atoms in total. The lowest BCUT2D eigenvalue weighted by atomic mass is 10.0. The van der Waals surface area contributed by atoms with E-state index in [0.717, 1.165) is 28.8 Å². The monoisotopic (exact) mass is 645 g/mol. The minimum absolute atomic E-state index is 0.0329. The number of anilines is 1. The quantitative estimate of drug-likeness (QED) is 0.234. The highest BCUT2D eigenvalue weighted by Crippen LogP contribution is 2.30. The van der Waals surface area contributed by atoms with Crippen molar-refractivity contribution in [3.63, 3.8) is 0 Å². The Bertz CT molecular complexity index is 1730. The number of halogens is 1. The predicted octanol–water partition coefficient (Wildman–Crippen LogP) is 5.57. The molecule has 3 atom stereocenters. The Hall–Kier alpha value is -4.25. The standard InChI is InChI=1S/C36H40FN3O5S/c1-25-21-40(26(2)24-41)36(42)20-30-19-32(38-46(43,44)33-16-13-31(37)14-17-33)15-18-34(30)45-35(25)23-39(3)22-27-9-11-29(12-10-27)28-7-5-4-6-8-28/h4-19,25-26,35,38,41H,20-24H2,1-3H3/t25-,26-,35+/m0/s1. The zero-order valence-corrected chi connectivity index (χ0v) is 27.1. The van der Waals surface area contributed by atoms with E-state index in [9.17, 15) is 22.7 Å². The fraction of sp³-hybridized carbons (Fsp3) is 0.306. The van der Waals surface area contributed by atoms with Gasteiger partial charge in [0.2, 0.25) is 5.91 Å². The first-order chi connectivity index (χ1) is 22.0. The number of likely N-dealkylation sites (N-methyl/N-ethyl adjacent to an activating group) is 1. The van der Waals surface area contributed by atoms with Crippen molar-refractivity contribution >= 4 is 21.6 Å². The van der Waals surface area contributed by atoms with Gasteiger partial charge in [0.15, 0.2) is 0 Å². The van der Waals surface area contributed by atoms with Gasteiger partial charge < -0.3 is 14.7 Å². The number of aliphatic hydroxyl groups excluding tert-OH is 1. The van der Waals surface area contributed by atoms with Gasteiger partial charge in [0.25, 0.3) is 10.0 Å². The second kappa shape index (κ2) is 14.5. The summed E-state index contributed by atoms with van der Waals surface area (Å²) < 4.78 is 48.5. The molecule has 4 aromatic carbocycles. The van der Waals surface area contributed by atoms with Crippen LogP contribution in [0.4, 0.5) is 10.1 Å². The number of nitrogens with one attached hydrogen (secondary N) is 1. The molecule has 242 valence electrons. The first-order valence-electron chi connectivity index (χ1n) is 15.3. The molecule has 0 fully saturated rings. The Balaban J connectivity index is 1.37. The van der Waals surface area contributed by atoms with Crippen molar-refractivity contribution in [1.29, 1.82) is 0 Å². The van der Waals surface area contributed by atoms with Gasteiger partial charge in [-0.3, -0.25) is 14.4 Å². The van der Waals surface area contributed by atoms with Crippen LogP contribution in [0.3, 0.4) is 0 Å². The van der Waals surface area contributed by atoms with Crippen molar-refractivity contribution in [3.8, 4) is 16.9 Å². The minimum atomic E-state index is -4.00. The largest absolute Gasteiger partial charge is 0.488 e. The maximum absolute atomic E-state index is 13.6. The zero-order valence-electron chi connectivity index (χ0n) is 26.3. The number of hydrogen-bond acceptors (Lipinski definition) is 6. The number of rotatable bonds is 10. The van der Waals surface area contributed by atoms with Crippen LogP contribution in [-0.4, -0.2) is 68.1 Å². The van der Waals surface area contributed by atoms with Gasteiger partial charge in [-0.1, -0.05) is 61.5 Å². The summed E-state index contributed by atoms with van der Waals surface area (Å²) in [6.45, 7) is 5.30. The van der Waals surface area contributed by atoms with Crippen LogP contribution in [0.1, 0.15) is 25.0 Å². The highest BCUT2D eigenvalue weighted by molar-refractivity contribution is 7.92. The van der Waals surface area contributed by atoms with Crippen LogP contribution in [-0.2, 0) is 27.8 Å². The molecule has 4 aromatic rings. The second-order valence-corrected chi connectivity index (χ2v) is 13.7. The van der Waals surface area contributed by atoms with Crippen LogP contribution in [0.2, 0.25) is 0 Å². The number of carbonyl (C=O) groups is 1. The molecule has 1 aliphatic rings.